The van der Waals surface area contributed by atoms with Gasteiger partial charge in [-0.1, -0.05) is 44.0 Å². The Bertz CT molecular complexity index is 415. The first kappa shape index (κ1) is 16.0. The molecule has 106 valence electrons. The van der Waals surface area contributed by atoms with Crippen molar-refractivity contribution in [3.63, 3.8) is 0 Å². The van der Waals surface area contributed by atoms with Crippen molar-refractivity contribution in [3.05, 3.63) is 34.9 Å². The average Bonchev–Trinajstić information content (AvgIpc) is 2.38. The van der Waals surface area contributed by atoms with Crippen molar-refractivity contribution in [2.24, 2.45) is 5.92 Å². The second kappa shape index (κ2) is 6.92. The fourth-order valence-electron chi connectivity index (χ4n) is 1.74. The van der Waals surface area contributed by atoms with E-state index in [1.165, 1.54) is 0 Å². The minimum absolute atomic E-state index is 0.0918. The number of amides is 1. The molecule has 1 aromatic carbocycles. The van der Waals surface area contributed by atoms with Gasteiger partial charge >= 0.3 is 0 Å². The predicted octanol–water partition coefficient (Wildman–Crippen LogP) is 2.80. The highest BCUT2D eigenvalue weighted by Crippen LogP contribution is 2.18. The lowest BCUT2D eigenvalue weighted by molar-refractivity contribution is -0.122. The van der Waals surface area contributed by atoms with Crippen LogP contribution in [0.5, 0.6) is 0 Å². The Labute approximate surface area is 120 Å². The summed E-state index contributed by atoms with van der Waals surface area (Å²) < 4.78 is 0. The van der Waals surface area contributed by atoms with Crippen molar-refractivity contribution in [1.82, 2.24) is 5.32 Å². The first-order chi connectivity index (χ1) is 8.85. The third-order valence-electron chi connectivity index (χ3n) is 3.60. The van der Waals surface area contributed by atoms with Crippen LogP contribution in [-0.2, 0) is 11.2 Å². The second-order valence-electron chi connectivity index (χ2n) is 5.25. The van der Waals surface area contributed by atoms with E-state index in [-0.39, 0.29) is 18.4 Å². The third kappa shape index (κ3) is 5.21. The van der Waals surface area contributed by atoms with Crippen LogP contribution in [0.2, 0.25) is 5.02 Å². The van der Waals surface area contributed by atoms with E-state index in [0.717, 1.165) is 12.0 Å². The molecule has 0 aliphatic heterocycles. The molecule has 0 fully saturated rings. The Balaban J connectivity index is 2.46. The zero-order chi connectivity index (χ0) is 14.5. The number of carbonyl (C=O) groups excluding carboxylic acids is 1. The second-order valence-corrected chi connectivity index (χ2v) is 5.68. The quantitative estimate of drug-likeness (QED) is 0.843. The molecule has 1 aromatic rings. The molecule has 0 saturated carbocycles. The van der Waals surface area contributed by atoms with Crippen molar-refractivity contribution in [3.8, 4) is 0 Å². The van der Waals surface area contributed by atoms with Crippen LogP contribution in [0.3, 0.4) is 0 Å². The summed E-state index contributed by atoms with van der Waals surface area (Å²) in [6.07, 6.45) is 1.17. The van der Waals surface area contributed by atoms with E-state index in [2.05, 4.69) is 5.32 Å². The van der Waals surface area contributed by atoms with Gasteiger partial charge in [0, 0.05) is 11.6 Å². The number of carbonyl (C=O) groups is 1. The molecule has 0 aromatic heterocycles. The largest absolute Gasteiger partial charge is 0.388 e. The van der Waals surface area contributed by atoms with Crippen LogP contribution in [0.4, 0.5) is 0 Å². The van der Waals surface area contributed by atoms with Gasteiger partial charge in [-0.15, -0.1) is 0 Å². The Morgan fingerprint density at radius 1 is 1.42 bits per heavy atom. The van der Waals surface area contributed by atoms with E-state index < -0.39 is 5.60 Å². The smallest absolute Gasteiger partial charge is 0.224 e. The minimum Gasteiger partial charge on any atom is -0.388 e. The summed E-state index contributed by atoms with van der Waals surface area (Å²) in [6, 6.07) is 7.18. The van der Waals surface area contributed by atoms with Crippen LogP contribution < -0.4 is 5.32 Å². The van der Waals surface area contributed by atoms with Gasteiger partial charge < -0.3 is 10.4 Å². The van der Waals surface area contributed by atoms with Gasteiger partial charge in [-0.2, -0.15) is 0 Å². The molecule has 2 N–H and O–H groups in total. The Morgan fingerprint density at radius 2 is 2.00 bits per heavy atom. The Hall–Kier alpha value is -1.06. The number of rotatable bonds is 6. The van der Waals surface area contributed by atoms with E-state index in [1.54, 1.807) is 19.1 Å². The summed E-state index contributed by atoms with van der Waals surface area (Å²) >= 11 is 5.79. The molecule has 0 aliphatic rings. The minimum atomic E-state index is -0.871. The maximum absolute atomic E-state index is 11.8. The fourth-order valence-corrected chi connectivity index (χ4v) is 1.87. The van der Waals surface area contributed by atoms with Crippen LogP contribution in [0.25, 0.3) is 0 Å². The van der Waals surface area contributed by atoms with Crippen LogP contribution >= 0.6 is 11.6 Å². The lowest BCUT2D eigenvalue weighted by Gasteiger charge is -2.29. The van der Waals surface area contributed by atoms with Gasteiger partial charge in [0.15, 0.2) is 0 Å². The van der Waals surface area contributed by atoms with E-state index in [4.69, 9.17) is 11.6 Å². The highest BCUT2D eigenvalue weighted by Gasteiger charge is 2.27. The maximum atomic E-state index is 11.8. The molecule has 19 heavy (non-hydrogen) atoms. The molecule has 1 amide bonds. The molecule has 2 unspecified atom stereocenters. The Kier molecular flexibility index (Phi) is 5.83. The summed E-state index contributed by atoms with van der Waals surface area (Å²) in [5.41, 5.74) is 0.0369. The first-order valence-electron chi connectivity index (χ1n) is 6.58. The molecule has 0 aliphatic carbocycles. The molecule has 3 nitrogen and oxygen atoms in total. The van der Waals surface area contributed by atoms with E-state index in [1.807, 2.05) is 26.0 Å². The van der Waals surface area contributed by atoms with Gasteiger partial charge in [-0.05, 0) is 30.5 Å². The average molecular weight is 284 g/mol. The number of benzene rings is 1. The lowest BCUT2D eigenvalue weighted by atomic mass is 9.88. The normalized spacial score (nSPS) is 15.6. The fraction of sp³-hybridized carbons (Fsp3) is 0.533. The van der Waals surface area contributed by atoms with Gasteiger partial charge in [-0.3, -0.25) is 4.79 Å². The van der Waals surface area contributed by atoms with Gasteiger partial charge in [0.25, 0.3) is 0 Å². The number of nitrogens with one attached hydrogen (secondary N) is 1. The first-order valence-corrected chi connectivity index (χ1v) is 6.96. The number of aliphatic hydroxyl groups is 1. The van der Waals surface area contributed by atoms with Gasteiger partial charge in [-0.25, -0.2) is 0 Å². The third-order valence-corrected chi connectivity index (χ3v) is 3.85. The molecule has 0 saturated heterocycles. The summed E-state index contributed by atoms with van der Waals surface area (Å²) in [6.45, 7) is 6.03. The molecule has 2 atom stereocenters. The van der Waals surface area contributed by atoms with Crippen molar-refractivity contribution in [2.45, 2.75) is 39.2 Å². The zero-order valence-corrected chi connectivity index (χ0v) is 12.5. The standard InChI is InChI=1S/C15H22ClNO2/c1-4-11(2)15(3,19)10-17-14(18)9-12-5-7-13(16)8-6-12/h5-8,11,19H,4,9-10H2,1-3H3,(H,17,18). The summed E-state index contributed by atoms with van der Waals surface area (Å²) in [5, 5.41) is 13.6. The highest BCUT2D eigenvalue weighted by molar-refractivity contribution is 6.30. The molecule has 4 heteroatoms. The van der Waals surface area contributed by atoms with Crippen LogP contribution in [0, 0.1) is 5.92 Å². The van der Waals surface area contributed by atoms with Crippen LogP contribution in [0.15, 0.2) is 24.3 Å². The van der Waals surface area contributed by atoms with Crippen molar-refractivity contribution < 1.29 is 9.90 Å². The highest BCUT2D eigenvalue weighted by atomic mass is 35.5. The van der Waals surface area contributed by atoms with E-state index >= 15 is 0 Å². The summed E-state index contributed by atoms with van der Waals surface area (Å²) in [5.74, 6) is 0.0502. The van der Waals surface area contributed by atoms with E-state index in [9.17, 15) is 9.90 Å². The van der Waals surface area contributed by atoms with Gasteiger partial charge in [0.1, 0.15) is 0 Å². The summed E-state index contributed by atoms with van der Waals surface area (Å²) in [7, 11) is 0. The van der Waals surface area contributed by atoms with Crippen molar-refractivity contribution in [2.75, 3.05) is 6.54 Å². The van der Waals surface area contributed by atoms with Crippen molar-refractivity contribution in [1.29, 1.82) is 0 Å². The predicted molar refractivity (Wildman–Crippen MR) is 78.2 cm³/mol. The van der Waals surface area contributed by atoms with Crippen molar-refractivity contribution >= 4 is 17.5 Å². The topological polar surface area (TPSA) is 49.3 Å². The monoisotopic (exact) mass is 283 g/mol. The lowest BCUT2D eigenvalue weighted by Crippen LogP contribution is -2.45. The molecular weight excluding hydrogens is 262 g/mol. The molecule has 0 bridgehead atoms. The summed E-state index contributed by atoms with van der Waals surface area (Å²) in [4.78, 5) is 11.8. The molecule has 0 heterocycles. The molecular formula is C15H22ClNO2. The van der Waals surface area contributed by atoms with Gasteiger partial charge in [0.05, 0.1) is 12.0 Å². The number of hydrogen-bond donors (Lipinski definition) is 2. The molecule has 0 spiro atoms. The van der Waals surface area contributed by atoms with Crippen LogP contribution in [-0.4, -0.2) is 23.2 Å². The molecule has 0 radical (unpaired) electrons. The van der Waals surface area contributed by atoms with E-state index in [0.29, 0.717) is 11.4 Å². The number of halogens is 1. The SMILES string of the molecule is CCC(C)C(C)(O)CNC(=O)Cc1ccc(Cl)cc1. The van der Waals surface area contributed by atoms with Gasteiger partial charge in [0.2, 0.25) is 5.91 Å². The zero-order valence-electron chi connectivity index (χ0n) is 11.7. The Morgan fingerprint density at radius 3 is 2.53 bits per heavy atom. The molecule has 1 rings (SSSR count). The number of hydrogen-bond acceptors (Lipinski definition) is 2. The maximum Gasteiger partial charge on any atom is 0.224 e. The van der Waals surface area contributed by atoms with Crippen LogP contribution in [0.1, 0.15) is 32.8 Å².